The number of hydrogen-bond acceptors (Lipinski definition) is 3. The number of para-hydroxylation sites is 1. The molecular weight excluding hydrogens is 395 g/mol. The Kier molecular flexibility index (Phi) is 6.56. The SMILES string of the molecule is CCCOc1ccccc1/C=C/C(=O)Nc1n[nH]c(C(F)(F)F)c1-c1ccccc1. The molecule has 0 fully saturated rings. The number of amides is 1. The van der Waals surface area contributed by atoms with Crippen LogP contribution in [0, 0.1) is 0 Å². The Morgan fingerprint density at radius 2 is 1.83 bits per heavy atom. The number of aromatic nitrogens is 2. The third-order valence-electron chi connectivity index (χ3n) is 4.15. The minimum absolute atomic E-state index is 0.196. The van der Waals surface area contributed by atoms with Crippen LogP contribution in [0.3, 0.4) is 0 Å². The average Bonchev–Trinajstić information content (AvgIpc) is 3.16. The molecule has 0 aliphatic rings. The zero-order valence-electron chi connectivity index (χ0n) is 16.2. The van der Waals surface area contributed by atoms with E-state index in [-0.39, 0.29) is 16.9 Å². The Morgan fingerprint density at radius 1 is 1.13 bits per heavy atom. The number of carbonyl (C=O) groups is 1. The molecule has 0 aliphatic carbocycles. The molecule has 8 heteroatoms. The molecule has 0 bridgehead atoms. The van der Waals surface area contributed by atoms with Gasteiger partial charge < -0.3 is 10.1 Å². The summed E-state index contributed by atoms with van der Waals surface area (Å²) >= 11 is 0. The number of rotatable bonds is 7. The minimum atomic E-state index is -4.65. The topological polar surface area (TPSA) is 67.0 Å². The molecule has 3 rings (SSSR count). The van der Waals surface area contributed by atoms with Crippen molar-refractivity contribution in [2.45, 2.75) is 19.5 Å². The smallest absolute Gasteiger partial charge is 0.433 e. The molecule has 2 N–H and O–H groups in total. The second-order valence-electron chi connectivity index (χ2n) is 6.39. The summed E-state index contributed by atoms with van der Waals surface area (Å²) in [5, 5.41) is 8.09. The molecule has 0 aliphatic heterocycles. The van der Waals surface area contributed by atoms with Crippen molar-refractivity contribution in [2.75, 3.05) is 11.9 Å². The number of hydrogen-bond donors (Lipinski definition) is 2. The lowest BCUT2D eigenvalue weighted by Crippen LogP contribution is -2.10. The van der Waals surface area contributed by atoms with Gasteiger partial charge in [0.15, 0.2) is 5.82 Å². The van der Waals surface area contributed by atoms with E-state index in [0.717, 1.165) is 6.42 Å². The van der Waals surface area contributed by atoms with Crippen LogP contribution in [0.15, 0.2) is 60.7 Å². The van der Waals surface area contributed by atoms with Crippen LogP contribution in [-0.2, 0) is 11.0 Å². The third-order valence-corrected chi connectivity index (χ3v) is 4.15. The van der Waals surface area contributed by atoms with E-state index in [1.54, 1.807) is 42.5 Å². The third kappa shape index (κ3) is 5.08. The fraction of sp³-hybridized carbons (Fsp3) is 0.182. The predicted molar refractivity (Wildman–Crippen MR) is 109 cm³/mol. The van der Waals surface area contributed by atoms with Gasteiger partial charge in [-0.2, -0.15) is 18.3 Å². The van der Waals surface area contributed by atoms with Crippen LogP contribution < -0.4 is 10.1 Å². The Balaban J connectivity index is 1.85. The molecule has 5 nitrogen and oxygen atoms in total. The summed E-state index contributed by atoms with van der Waals surface area (Å²) in [7, 11) is 0. The van der Waals surface area contributed by atoms with Crippen LogP contribution in [0.1, 0.15) is 24.6 Å². The molecule has 0 atom stereocenters. The van der Waals surface area contributed by atoms with Gasteiger partial charge in [0.05, 0.1) is 12.2 Å². The highest BCUT2D eigenvalue weighted by molar-refractivity contribution is 6.03. The van der Waals surface area contributed by atoms with Gasteiger partial charge in [0.1, 0.15) is 11.4 Å². The number of aromatic amines is 1. The lowest BCUT2D eigenvalue weighted by atomic mass is 10.1. The van der Waals surface area contributed by atoms with Crippen LogP contribution in [0.5, 0.6) is 5.75 Å². The minimum Gasteiger partial charge on any atom is -0.493 e. The highest BCUT2D eigenvalue weighted by atomic mass is 19.4. The van der Waals surface area contributed by atoms with Crippen LogP contribution in [-0.4, -0.2) is 22.7 Å². The standard InChI is InChI=1S/C22H20F3N3O2/c1-2-14-30-17-11-7-6-8-15(17)12-13-18(29)26-21-19(16-9-4-3-5-10-16)20(27-28-21)22(23,24)25/h3-13H,2,14H2,1H3,(H2,26,27,28,29)/b13-12+. The normalized spacial score (nSPS) is 11.6. The van der Waals surface area contributed by atoms with Gasteiger partial charge in [-0.15, -0.1) is 0 Å². The van der Waals surface area contributed by atoms with E-state index >= 15 is 0 Å². The van der Waals surface area contributed by atoms with Crippen molar-refractivity contribution < 1.29 is 22.7 Å². The average molecular weight is 415 g/mol. The van der Waals surface area contributed by atoms with Crippen LogP contribution in [0.2, 0.25) is 0 Å². The number of benzene rings is 2. The van der Waals surface area contributed by atoms with Crippen LogP contribution in [0.25, 0.3) is 17.2 Å². The first-order valence-electron chi connectivity index (χ1n) is 9.32. The molecule has 2 aromatic carbocycles. The Morgan fingerprint density at radius 3 is 2.53 bits per heavy atom. The summed E-state index contributed by atoms with van der Waals surface area (Å²) in [6.45, 7) is 2.51. The second-order valence-corrected chi connectivity index (χ2v) is 6.39. The Bertz CT molecular complexity index is 1030. The number of ether oxygens (including phenoxy) is 1. The molecule has 1 heterocycles. The fourth-order valence-corrected chi connectivity index (χ4v) is 2.81. The number of anilines is 1. The van der Waals surface area contributed by atoms with Crippen LogP contribution in [0.4, 0.5) is 19.0 Å². The van der Waals surface area contributed by atoms with Gasteiger partial charge >= 0.3 is 6.18 Å². The molecule has 1 aromatic heterocycles. The molecule has 0 spiro atoms. The molecule has 0 radical (unpaired) electrons. The van der Waals surface area contributed by atoms with Crippen LogP contribution >= 0.6 is 0 Å². The highest BCUT2D eigenvalue weighted by Crippen LogP contribution is 2.39. The van der Waals surface area contributed by atoms with E-state index in [2.05, 4.69) is 10.4 Å². The first-order chi connectivity index (χ1) is 14.4. The van der Waals surface area contributed by atoms with Gasteiger partial charge in [-0.1, -0.05) is 55.5 Å². The zero-order valence-corrected chi connectivity index (χ0v) is 16.2. The van der Waals surface area contributed by atoms with Crippen molar-refractivity contribution in [1.29, 1.82) is 0 Å². The van der Waals surface area contributed by atoms with Gasteiger partial charge in [0.2, 0.25) is 5.91 Å². The van der Waals surface area contributed by atoms with Gasteiger partial charge in [-0.25, -0.2) is 0 Å². The molecule has 3 aromatic rings. The summed E-state index contributed by atoms with van der Waals surface area (Å²) in [4.78, 5) is 12.4. The molecule has 30 heavy (non-hydrogen) atoms. The lowest BCUT2D eigenvalue weighted by Gasteiger charge is -2.09. The molecule has 156 valence electrons. The number of H-pyrrole nitrogens is 1. The number of halogens is 3. The Hall–Kier alpha value is -3.55. The molecule has 0 saturated carbocycles. The monoisotopic (exact) mass is 415 g/mol. The van der Waals surface area contributed by atoms with Crippen molar-refractivity contribution in [3.8, 4) is 16.9 Å². The van der Waals surface area contributed by atoms with Crippen molar-refractivity contribution in [2.24, 2.45) is 0 Å². The summed E-state index contributed by atoms with van der Waals surface area (Å²) in [6, 6.07) is 15.1. The molecular formula is C22H20F3N3O2. The number of nitrogens with one attached hydrogen (secondary N) is 2. The molecule has 0 unspecified atom stereocenters. The first kappa shape index (κ1) is 21.2. The summed E-state index contributed by atoms with van der Waals surface area (Å²) in [6.07, 6.45) is -1.04. The number of nitrogens with zero attached hydrogens (tertiary/aromatic N) is 1. The fourth-order valence-electron chi connectivity index (χ4n) is 2.81. The quantitative estimate of drug-likeness (QED) is 0.498. The zero-order chi connectivity index (χ0) is 21.6. The maximum absolute atomic E-state index is 13.4. The van der Waals surface area contributed by atoms with Gasteiger partial charge in [-0.3, -0.25) is 9.89 Å². The van der Waals surface area contributed by atoms with E-state index in [0.29, 0.717) is 17.9 Å². The number of alkyl halides is 3. The van der Waals surface area contributed by atoms with Crippen molar-refractivity contribution in [3.05, 3.63) is 71.9 Å². The van der Waals surface area contributed by atoms with Crippen molar-refractivity contribution in [1.82, 2.24) is 10.2 Å². The van der Waals surface area contributed by atoms with E-state index < -0.39 is 17.8 Å². The molecule has 1 amide bonds. The van der Waals surface area contributed by atoms with Gasteiger partial charge in [0, 0.05) is 11.6 Å². The van der Waals surface area contributed by atoms with E-state index in [1.807, 2.05) is 18.1 Å². The predicted octanol–water partition coefficient (Wildman–Crippen LogP) is 5.54. The van der Waals surface area contributed by atoms with E-state index in [1.165, 1.54) is 18.2 Å². The first-order valence-corrected chi connectivity index (χ1v) is 9.32. The van der Waals surface area contributed by atoms with Crippen molar-refractivity contribution in [3.63, 3.8) is 0 Å². The second kappa shape index (κ2) is 9.30. The lowest BCUT2D eigenvalue weighted by molar-refractivity contribution is -0.140. The summed E-state index contributed by atoms with van der Waals surface area (Å²) in [5.41, 5.74) is -0.263. The molecule has 0 saturated heterocycles. The van der Waals surface area contributed by atoms with Gasteiger partial charge in [0.25, 0.3) is 0 Å². The van der Waals surface area contributed by atoms with Crippen molar-refractivity contribution >= 4 is 17.8 Å². The van der Waals surface area contributed by atoms with E-state index in [9.17, 15) is 18.0 Å². The maximum atomic E-state index is 13.4. The number of carbonyl (C=O) groups excluding carboxylic acids is 1. The summed E-state index contributed by atoms with van der Waals surface area (Å²) in [5.74, 6) is -0.191. The maximum Gasteiger partial charge on any atom is 0.433 e. The largest absolute Gasteiger partial charge is 0.493 e. The Labute approximate surface area is 171 Å². The summed E-state index contributed by atoms with van der Waals surface area (Å²) < 4.78 is 45.8. The highest BCUT2D eigenvalue weighted by Gasteiger charge is 2.38. The van der Waals surface area contributed by atoms with Gasteiger partial charge in [-0.05, 0) is 24.1 Å². The van der Waals surface area contributed by atoms with E-state index in [4.69, 9.17) is 4.74 Å².